The Labute approximate surface area is 90.3 Å². The van der Waals surface area contributed by atoms with E-state index in [2.05, 4.69) is 0 Å². The number of carbonyl (C=O) groups is 1. The molecule has 6 heteroatoms. The molecule has 0 spiro atoms. The molecule has 0 aromatic heterocycles. The molecule has 0 radical (unpaired) electrons. The molecule has 0 heterocycles. The molecule has 86 valence electrons. The van der Waals surface area contributed by atoms with Crippen molar-refractivity contribution < 1.29 is 24.5 Å². The number of aliphatic carboxylic acids is 1. The van der Waals surface area contributed by atoms with Crippen LogP contribution >= 0.6 is 0 Å². The number of carboxylic acids is 1. The van der Waals surface area contributed by atoms with Crippen LogP contribution < -0.4 is 5.73 Å². The lowest BCUT2D eigenvalue weighted by atomic mass is 9.99. The van der Waals surface area contributed by atoms with Crippen molar-refractivity contribution >= 4 is 11.5 Å². The molecular weight excluding hydrogens is 217 g/mol. The molecule has 5 nitrogen and oxygen atoms in total. The molecule has 1 aromatic rings. The summed E-state index contributed by atoms with van der Waals surface area (Å²) in [7, 11) is 0. The van der Waals surface area contributed by atoms with Gasteiger partial charge in [0.1, 0.15) is 17.5 Å². The van der Waals surface area contributed by atoms with Crippen LogP contribution in [0.4, 0.5) is 4.39 Å². The van der Waals surface area contributed by atoms with Gasteiger partial charge in [0.15, 0.2) is 0 Å². The van der Waals surface area contributed by atoms with Crippen molar-refractivity contribution in [3.05, 3.63) is 30.1 Å². The first-order chi connectivity index (χ1) is 7.47. The molecule has 0 aliphatic heterocycles. The monoisotopic (exact) mass is 227 g/mol. The highest BCUT2D eigenvalue weighted by Gasteiger charge is 2.21. The molecule has 16 heavy (non-hydrogen) atoms. The van der Waals surface area contributed by atoms with Gasteiger partial charge in [-0.1, -0.05) is 0 Å². The maximum absolute atomic E-state index is 12.6. The number of carboxylic acid groups (broad SMARTS) is 1. The lowest BCUT2D eigenvalue weighted by Crippen LogP contribution is -2.31. The van der Waals surface area contributed by atoms with E-state index in [9.17, 15) is 14.3 Å². The van der Waals surface area contributed by atoms with Crippen molar-refractivity contribution in [1.29, 1.82) is 0 Å². The number of nitrogens with two attached hydrogens (primary N) is 1. The SMILES string of the molecule is NC(C(=O)O)C(=CF)c1cc(O)ccc1O. The van der Waals surface area contributed by atoms with Crippen molar-refractivity contribution in [2.45, 2.75) is 6.04 Å². The van der Waals surface area contributed by atoms with Crippen LogP contribution in [0.5, 0.6) is 11.5 Å². The van der Waals surface area contributed by atoms with Crippen LogP contribution in [0, 0.1) is 0 Å². The van der Waals surface area contributed by atoms with Gasteiger partial charge in [-0.25, -0.2) is 4.39 Å². The summed E-state index contributed by atoms with van der Waals surface area (Å²) in [4.78, 5) is 10.6. The molecule has 1 unspecified atom stereocenters. The van der Waals surface area contributed by atoms with Crippen LogP contribution in [0.15, 0.2) is 24.5 Å². The molecule has 0 saturated heterocycles. The average molecular weight is 227 g/mol. The Morgan fingerprint density at radius 3 is 2.56 bits per heavy atom. The number of hydrogen-bond donors (Lipinski definition) is 4. The second-order valence-electron chi connectivity index (χ2n) is 3.08. The zero-order valence-electron chi connectivity index (χ0n) is 8.09. The number of phenols is 2. The van der Waals surface area contributed by atoms with Crippen molar-refractivity contribution in [3.8, 4) is 11.5 Å². The Morgan fingerprint density at radius 1 is 1.44 bits per heavy atom. The summed E-state index contributed by atoms with van der Waals surface area (Å²) in [6, 6.07) is 1.71. The van der Waals surface area contributed by atoms with Gasteiger partial charge in [-0.15, -0.1) is 0 Å². The van der Waals surface area contributed by atoms with E-state index in [1.165, 1.54) is 6.07 Å². The molecule has 0 bridgehead atoms. The average Bonchev–Trinajstić information content (AvgIpc) is 2.23. The van der Waals surface area contributed by atoms with E-state index in [1.54, 1.807) is 0 Å². The van der Waals surface area contributed by atoms with Crippen LogP contribution in [-0.4, -0.2) is 27.3 Å². The molecule has 5 N–H and O–H groups in total. The normalized spacial score (nSPS) is 13.5. The number of phenolic OH excluding ortho intramolecular Hbond substituents is 2. The Kier molecular flexibility index (Phi) is 3.47. The molecule has 0 saturated carbocycles. The zero-order chi connectivity index (χ0) is 12.3. The lowest BCUT2D eigenvalue weighted by Gasteiger charge is -2.12. The predicted molar refractivity (Wildman–Crippen MR) is 54.5 cm³/mol. The predicted octanol–water partition coefficient (Wildman–Crippen LogP) is 0.820. The molecule has 0 aliphatic rings. The first-order valence-corrected chi connectivity index (χ1v) is 4.28. The second-order valence-corrected chi connectivity index (χ2v) is 3.08. The highest BCUT2D eigenvalue weighted by atomic mass is 19.1. The van der Waals surface area contributed by atoms with Crippen LogP contribution in [0.2, 0.25) is 0 Å². The fraction of sp³-hybridized carbons (Fsp3) is 0.100. The van der Waals surface area contributed by atoms with Crippen molar-refractivity contribution in [2.24, 2.45) is 5.73 Å². The number of benzene rings is 1. The van der Waals surface area contributed by atoms with Crippen molar-refractivity contribution in [1.82, 2.24) is 0 Å². The highest BCUT2D eigenvalue weighted by molar-refractivity contribution is 5.92. The molecule has 1 aromatic carbocycles. The van der Waals surface area contributed by atoms with Crippen molar-refractivity contribution in [3.63, 3.8) is 0 Å². The summed E-state index contributed by atoms with van der Waals surface area (Å²) in [5.74, 6) is -2.03. The van der Waals surface area contributed by atoms with Gasteiger partial charge in [0.25, 0.3) is 0 Å². The molecule has 1 atom stereocenters. The van der Waals surface area contributed by atoms with Crippen LogP contribution in [0.25, 0.3) is 5.57 Å². The van der Waals surface area contributed by atoms with Crippen molar-refractivity contribution in [2.75, 3.05) is 0 Å². The molecule has 1 rings (SSSR count). The summed E-state index contributed by atoms with van der Waals surface area (Å²) in [5.41, 5.74) is 4.65. The minimum Gasteiger partial charge on any atom is -0.508 e. The third-order valence-corrected chi connectivity index (χ3v) is 2.01. The summed E-state index contributed by atoms with van der Waals surface area (Å²) in [6.45, 7) is 0. The first kappa shape index (κ1) is 12.0. The largest absolute Gasteiger partial charge is 0.508 e. The quantitative estimate of drug-likeness (QED) is 0.572. The molecule has 0 aliphatic carbocycles. The van der Waals surface area contributed by atoms with Gasteiger partial charge in [-0.3, -0.25) is 4.79 Å². The van der Waals surface area contributed by atoms with E-state index in [0.29, 0.717) is 0 Å². The van der Waals surface area contributed by atoms with Crippen LogP contribution in [0.1, 0.15) is 5.56 Å². The third-order valence-electron chi connectivity index (χ3n) is 2.01. The summed E-state index contributed by atoms with van der Waals surface area (Å²) >= 11 is 0. The van der Waals surface area contributed by atoms with E-state index in [4.69, 9.17) is 15.9 Å². The number of rotatable bonds is 3. The van der Waals surface area contributed by atoms with E-state index in [1.807, 2.05) is 0 Å². The molecular formula is C10H10FNO4. The summed E-state index contributed by atoms with van der Waals surface area (Å²) < 4.78 is 12.6. The maximum atomic E-state index is 12.6. The summed E-state index contributed by atoms with van der Waals surface area (Å²) in [6.07, 6.45) is -0.00667. The Bertz CT molecular complexity index is 444. The fourth-order valence-corrected chi connectivity index (χ4v) is 1.18. The number of halogens is 1. The van der Waals surface area contributed by atoms with Gasteiger partial charge in [0.05, 0.1) is 6.33 Å². The summed E-state index contributed by atoms with van der Waals surface area (Å²) in [5, 5.41) is 27.2. The maximum Gasteiger partial charge on any atom is 0.325 e. The van der Waals surface area contributed by atoms with Gasteiger partial charge >= 0.3 is 5.97 Å². The van der Waals surface area contributed by atoms with E-state index in [-0.39, 0.29) is 23.4 Å². The van der Waals surface area contributed by atoms with Gasteiger partial charge in [-0.2, -0.15) is 0 Å². The Balaban J connectivity index is 3.24. The number of hydrogen-bond acceptors (Lipinski definition) is 4. The van der Waals surface area contributed by atoms with Crippen LogP contribution in [-0.2, 0) is 4.79 Å². The van der Waals surface area contributed by atoms with Gasteiger partial charge in [-0.05, 0) is 18.2 Å². The van der Waals surface area contributed by atoms with Gasteiger partial charge in [0.2, 0.25) is 0 Å². The van der Waals surface area contributed by atoms with Crippen LogP contribution in [0.3, 0.4) is 0 Å². The second kappa shape index (κ2) is 4.63. The highest BCUT2D eigenvalue weighted by Crippen LogP contribution is 2.30. The standard InChI is InChI=1S/C10H10FNO4/c11-4-7(9(12)10(15)16)6-3-5(13)1-2-8(6)14/h1-4,9,13-14H,12H2,(H,15,16). The van der Waals surface area contributed by atoms with E-state index < -0.39 is 17.6 Å². The topological polar surface area (TPSA) is 104 Å². The lowest BCUT2D eigenvalue weighted by molar-refractivity contribution is -0.137. The Morgan fingerprint density at radius 2 is 2.06 bits per heavy atom. The zero-order valence-corrected chi connectivity index (χ0v) is 8.09. The first-order valence-electron chi connectivity index (χ1n) is 4.28. The smallest absolute Gasteiger partial charge is 0.325 e. The van der Waals surface area contributed by atoms with E-state index in [0.717, 1.165) is 12.1 Å². The minimum atomic E-state index is -1.61. The van der Waals surface area contributed by atoms with Gasteiger partial charge in [0, 0.05) is 11.1 Å². The number of aromatic hydroxyl groups is 2. The third kappa shape index (κ3) is 2.29. The minimum absolute atomic E-state index is 0.00667. The Hall–Kier alpha value is -2.08. The van der Waals surface area contributed by atoms with E-state index >= 15 is 0 Å². The molecule has 0 amide bonds. The van der Waals surface area contributed by atoms with Gasteiger partial charge < -0.3 is 21.1 Å². The molecule has 0 fully saturated rings. The fourth-order valence-electron chi connectivity index (χ4n) is 1.18.